The Hall–Kier alpha value is -2.93. The Morgan fingerprint density at radius 1 is 1.00 bits per heavy atom. The Kier molecular flexibility index (Phi) is 6.34. The molecule has 4 aromatic rings. The van der Waals surface area contributed by atoms with Gasteiger partial charge in [0.25, 0.3) is 5.91 Å². The zero-order chi connectivity index (χ0) is 21.8. The minimum absolute atomic E-state index is 0.0252. The molecule has 0 radical (unpaired) electrons. The van der Waals surface area contributed by atoms with E-state index in [0.29, 0.717) is 6.54 Å². The van der Waals surface area contributed by atoms with Gasteiger partial charge < -0.3 is 14.6 Å². The number of ether oxygens (including phenoxy) is 1. The van der Waals surface area contributed by atoms with Crippen molar-refractivity contribution in [2.24, 2.45) is 0 Å². The SMILES string of the molecule is O=C(NCC(c1cccs1)N1CCOCC1)c1cn(Cc2ccccc2)c2ccccc12. The maximum absolute atomic E-state index is 13.3. The second-order valence-corrected chi connectivity index (χ2v) is 9.04. The molecule has 3 heterocycles. The summed E-state index contributed by atoms with van der Waals surface area (Å²) in [5, 5.41) is 6.31. The van der Waals surface area contributed by atoms with Gasteiger partial charge >= 0.3 is 0 Å². The van der Waals surface area contributed by atoms with Crippen molar-refractivity contribution in [3.8, 4) is 0 Å². The summed E-state index contributed by atoms with van der Waals surface area (Å²) in [6.07, 6.45) is 1.99. The number of fused-ring (bicyclic) bond motifs is 1. The minimum atomic E-state index is -0.0252. The van der Waals surface area contributed by atoms with E-state index in [9.17, 15) is 4.79 Å². The van der Waals surface area contributed by atoms with Gasteiger partial charge in [0, 0.05) is 48.2 Å². The first-order valence-electron chi connectivity index (χ1n) is 11.0. The number of hydrogen-bond donors (Lipinski definition) is 1. The van der Waals surface area contributed by atoms with Gasteiger partial charge in [-0.15, -0.1) is 11.3 Å². The van der Waals surface area contributed by atoms with Crippen LogP contribution in [0.25, 0.3) is 10.9 Å². The molecule has 1 aliphatic heterocycles. The lowest BCUT2D eigenvalue weighted by Crippen LogP contribution is -2.43. The van der Waals surface area contributed by atoms with Crippen molar-refractivity contribution < 1.29 is 9.53 Å². The van der Waals surface area contributed by atoms with Crippen molar-refractivity contribution in [1.29, 1.82) is 0 Å². The first-order chi connectivity index (χ1) is 15.8. The Morgan fingerprint density at radius 2 is 1.78 bits per heavy atom. The fourth-order valence-electron chi connectivity index (χ4n) is 4.40. The van der Waals surface area contributed by atoms with Crippen molar-refractivity contribution in [1.82, 2.24) is 14.8 Å². The normalized spacial score (nSPS) is 15.6. The number of rotatable bonds is 7. The molecule has 1 amide bonds. The number of nitrogens with one attached hydrogen (secondary N) is 1. The maximum atomic E-state index is 13.3. The van der Waals surface area contributed by atoms with Gasteiger partial charge in [-0.05, 0) is 23.1 Å². The van der Waals surface area contributed by atoms with Crippen molar-refractivity contribution in [3.05, 3.63) is 94.3 Å². The molecule has 1 atom stereocenters. The number of nitrogens with zero attached hydrogens (tertiary/aromatic N) is 2. The molecule has 5 rings (SSSR count). The highest BCUT2D eigenvalue weighted by atomic mass is 32.1. The molecular weight excluding hydrogens is 418 g/mol. The van der Waals surface area contributed by atoms with E-state index in [0.717, 1.165) is 49.3 Å². The molecule has 0 saturated carbocycles. The number of amides is 1. The van der Waals surface area contributed by atoms with Gasteiger partial charge in [-0.1, -0.05) is 54.6 Å². The number of carbonyl (C=O) groups excluding carboxylic acids is 1. The van der Waals surface area contributed by atoms with Crippen LogP contribution in [-0.4, -0.2) is 48.2 Å². The number of para-hydroxylation sites is 1. The summed E-state index contributed by atoms with van der Waals surface area (Å²) in [7, 11) is 0. The molecule has 5 nitrogen and oxygen atoms in total. The topological polar surface area (TPSA) is 46.5 Å². The lowest BCUT2D eigenvalue weighted by molar-refractivity contribution is 0.0169. The molecule has 32 heavy (non-hydrogen) atoms. The lowest BCUT2D eigenvalue weighted by atomic mass is 10.1. The molecule has 1 saturated heterocycles. The second kappa shape index (κ2) is 9.69. The summed E-state index contributed by atoms with van der Waals surface area (Å²) >= 11 is 1.74. The average molecular weight is 446 g/mol. The lowest BCUT2D eigenvalue weighted by Gasteiger charge is -2.34. The summed E-state index contributed by atoms with van der Waals surface area (Å²) in [5.41, 5.74) is 3.01. The molecule has 1 fully saturated rings. The first-order valence-corrected chi connectivity index (χ1v) is 11.9. The van der Waals surface area contributed by atoms with E-state index < -0.39 is 0 Å². The van der Waals surface area contributed by atoms with Gasteiger partial charge in [0.15, 0.2) is 0 Å². The summed E-state index contributed by atoms with van der Waals surface area (Å²) in [5.74, 6) is -0.0252. The highest BCUT2D eigenvalue weighted by Gasteiger charge is 2.25. The van der Waals surface area contributed by atoms with Crippen molar-refractivity contribution >= 4 is 28.1 Å². The van der Waals surface area contributed by atoms with E-state index in [1.807, 2.05) is 42.6 Å². The highest BCUT2D eigenvalue weighted by Crippen LogP contribution is 2.26. The van der Waals surface area contributed by atoms with Crippen molar-refractivity contribution in [2.45, 2.75) is 12.6 Å². The molecule has 1 unspecified atom stereocenters. The third-order valence-electron chi connectivity index (χ3n) is 6.04. The van der Waals surface area contributed by atoms with E-state index in [4.69, 9.17) is 4.74 Å². The largest absolute Gasteiger partial charge is 0.379 e. The number of morpholine rings is 1. The highest BCUT2D eigenvalue weighted by molar-refractivity contribution is 7.10. The fourth-order valence-corrected chi connectivity index (χ4v) is 5.26. The molecular formula is C26H27N3O2S. The first kappa shape index (κ1) is 20.9. The van der Waals surface area contributed by atoms with Crippen LogP contribution in [0.1, 0.15) is 26.8 Å². The van der Waals surface area contributed by atoms with Crippen molar-refractivity contribution in [3.63, 3.8) is 0 Å². The Labute approximate surface area is 192 Å². The molecule has 0 spiro atoms. The Bertz CT molecular complexity index is 1160. The van der Waals surface area contributed by atoms with Gasteiger partial charge in [0.2, 0.25) is 0 Å². The van der Waals surface area contributed by atoms with Gasteiger partial charge in [0.1, 0.15) is 0 Å². The summed E-state index contributed by atoms with van der Waals surface area (Å²) < 4.78 is 7.70. The predicted octanol–water partition coefficient (Wildman–Crippen LogP) is 4.55. The van der Waals surface area contributed by atoms with Gasteiger partial charge in [0.05, 0.1) is 24.8 Å². The molecule has 164 valence electrons. The predicted molar refractivity (Wildman–Crippen MR) is 129 cm³/mol. The number of carbonyl (C=O) groups is 1. The quantitative estimate of drug-likeness (QED) is 0.454. The molecule has 1 aliphatic rings. The standard InChI is InChI=1S/C26H27N3O2S/c30-26(27-17-24(25-11-6-16-32-25)28-12-14-31-15-13-28)22-19-29(18-20-7-2-1-3-8-20)23-10-5-4-9-21(22)23/h1-11,16,19,24H,12-15,17-18H2,(H,27,30). The van der Waals surface area contributed by atoms with E-state index in [2.05, 4.69) is 50.5 Å². The third kappa shape index (κ3) is 4.48. The average Bonchev–Trinajstić information content (AvgIpc) is 3.50. The van der Waals surface area contributed by atoms with Crippen LogP contribution in [0.15, 0.2) is 78.3 Å². The molecule has 6 heteroatoms. The number of aromatic nitrogens is 1. The fraction of sp³-hybridized carbons (Fsp3) is 0.269. The molecule has 0 bridgehead atoms. The van der Waals surface area contributed by atoms with Crippen LogP contribution in [0.3, 0.4) is 0 Å². The minimum Gasteiger partial charge on any atom is -0.379 e. The number of benzene rings is 2. The van der Waals surface area contributed by atoms with Crippen LogP contribution in [0.2, 0.25) is 0 Å². The van der Waals surface area contributed by atoms with E-state index >= 15 is 0 Å². The molecule has 1 N–H and O–H groups in total. The Morgan fingerprint density at radius 3 is 2.56 bits per heavy atom. The van der Waals surface area contributed by atoms with Crippen molar-refractivity contribution in [2.75, 3.05) is 32.8 Å². The zero-order valence-corrected chi connectivity index (χ0v) is 18.8. The van der Waals surface area contributed by atoms with Crippen LogP contribution < -0.4 is 5.32 Å². The van der Waals surface area contributed by atoms with Gasteiger partial charge in [-0.25, -0.2) is 0 Å². The van der Waals surface area contributed by atoms with Crippen LogP contribution in [0.5, 0.6) is 0 Å². The third-order valence-corrected chi connectivity index (χ3v) is 7.02. The van der Waals surface area contributed by atoms with E-state index in [1.165, 1.54) is 10.4 Å². The number of thiophene rings is 1. The summed E-state index contributed by atoms with van der Waals surface area (Å²) in [6.45, 7) is 4.56. The van der Waals surface area contributed by atoms with Crippen LogP contribution >= 0.6 is 11.3 Å². The van der Waals surface area contributed by atoms with Gasteiger partial charge in [-0.3, -0.25) is 9.69 Å². The molecule has 2 aromatic heterocycles. The second-order valence-electron chi connectivity index (χ2n) is 8.06. The molecule has 2 aromatic carbocycles. The maximum Gasteiger partial charge on any atom is 0.253 e. The van der Waals surface area contributed by atoms with E-state index in [-0.39, 0.29) is 11.9 Å². The Balaban J connectivity index is 1.37. The number of hydrogen-bond acceptors (Lipinski definition) is 4. The van der Waals surface area contributed by atoms with Crippen LogP contribution in [-0.2, 0) is 11.3 Å². The van der Waals surface area contributed by atoms with E-state index in [1.54, 1.807) is 11.3 Å². The monoisotopic (exact) mass is 445 g/mol. The summed E-state index contributed by atoms with van der Waals surface area (Å²) in [4.78, 5) is 17.0. The van der Waals surface area contributed by atoms with Crippen LogP contribution in [0, 0.1) is 0 Å². The smallest absolute Gasteiger partial charge is 0.253 e. The molecule has 0 aliphatic carbocycles. The zero-order valence-electron chi connectivity index (χ0n) is 17.9. The summed E-state index contributed by atoms with van der Waals surface area (Å²) in [6, 6.07) is 22.9. The van der Waals surface area contributed by atoms with Gasteiger partial charge in [-0.2, -0.15) is 0 Å². The van der Waals surface area contributed by atoms with Crippen LogP contribution in [0.4, 0.5) is 0 Å².